The lowest BCUT2D eigenvalue weighted by Gasteiger charge is -2.13. The summed E-state index contributed by atoms with van der Waals surface area (Å²) >= 11 is 0. The minimum Gasteiger partial charge on any atom is -0.480 e. The number of carbonyl (C=O) groups is 1. The first-order chi connectivity index (χ1) is 4.77. The minimum absolute atomic E-state index is 0.238. The van der Waals surface area contributed by atoms with Crippen LogP contribution in [0.1, 0.15) is 6.42 Å². The fourth-order valence-corrected chi connectivity index (χ4v) is 1.71. The lowest BCUT2D eigenvalue weighted by molar-refractivity contribution is -0.139. The first kappa shape index (κ1) is 5.92. The van der Waals surface area contributed by atoms with E-state index >= 15 is 0 Å². The van der Waals surface area contributed by atoms with Crippen molar-refractivity contribution in [3.63, 3.8) is 0 Å². The monoisotopic (exact) mass is 139 g/mol. The van der Waals surface area contributed by atoms with E-state index in [1.807, 2.05) is 12.2 Å². The zero-order valence-corrected chi connectivity index (χ0v) is 5.45. The Hall–Kier alpha value is -0.830. The second kappa shape index (κ2) is 1.83. The van der Waals surface area contributed by atoms with Crippen LogP contribution in [0.15, 0.2) is 12.2 Å². The molecule has 2 N–H and O–H groups in total. The Morgan fingerprint density at radius 1 is 1.60 bits per heavy atom. The molecule has 10 heavy (non-hydrogen) atoms. The van der Waals surface area contributed by atoms with Crippen molar-refractivity contribution in [1.29, 1.82) is 0 Å². The summed E-state index contributed by atoms with van der Waals surface area (Å²) in [6.45, 7) is 0. The summed E-state index contributed by atoms with van der Waals surface area (Å²) < 4.78 is 0. The molecule has 0 aromatic heterocycles. The van der Waals surface area contributed by atoms with E-state index in [1.165, 1.54) is 0 Å². The van der Waals surface area contributed by atoms with E-state index in [-0.39, 0.29) is 12.0 Å². The van der Waals surface area contributed by atoms with Crippen LogP contribution in [0.5, 0.6) is 0 Å². The van der Waals surface area contributed by atoms with Crippen molar-refractivity contribution < 1.29 is 9.90 Å². The molecule has 1 heterocycles. The Labute approximate surface area is 58.7 Å². The van der Waals surface area contributed by atoms with Gasteiger partial charge < -0.3 is 5.11 Å². The molecule has 0 aromatic rings. The highest BCUT2D eigenvalue weighted by Gasteiger charge is 2.39. The van der Waals surface area contributed by atoms with Crippen molar-refractivity contribution in [1.82, 2.24) is 5.32 Å². The molecule has 1 aliphatic heterocycles. The Kier molecular flexibility index (Phi) is 1.08. The van der Waals surface area contributed by atoms with E-state index < -0.39 is 5.97 Å². The van der Waals surface area contributed by atoms with Crippen LogP contribution in [0.2, 0.25) is 0 Å². The smallest absolute Gasteiger partial charge is 0.321 e. The zero-order valence-electron chi connectivity index (χ0n) is 5.45. The standard InChI is InChI=1S/C7H9NO2/c9-7(10)6-4-1-2-5(3-4)8-6/h1-2,4-6,8H,3H2,(H,9,10)/t4?,5-,6?/m0/s1. The SMILES string of the molecule is O=C(O)C1N[C@H]2C=CC1C2. The molecule has 0 saturated carbocycles. The van der Waals surface area contributed by atoms with Crippen LogP contribution in [-0.4, -0.2) is 23.2 Å². The predicted molar refractivity (Wildman–Crippen MR) is 35.6 cm³/mol. The molecule has 0 amide bonds. The first-order valence-electron chi connectivity index (χ1n) is 3.44. The highest BCUT2D eigenvalue weighted by Crippen LogP contribution is 2.28. The molecule has 1 saturated heterocycles. The molecule has 1 fully saturated rings. The third-order valence-corrected chi connectivity index (χ3v) is 2.20. The van der Waals surface area contributed by atoms with Crippen molar-refractivity contribution in [2.45, 2.75) is 18.5 Å². The number of hydrogen-bond donors (Lipinski definition) is 2. The molecule has 2 bridgehead atoms. The first-order valence-corrected chi connectivity index (χ1v) is 3.44. The third-order valence-electron chi connectivity index (χ3n) is 2.20. The van der Waals surface area contributed by atoms with Gasteiger partial charge in [-0.05, 0) is 6.42 Å². The quantitative estimate of drug-likeness (QED) is 0.502. The summed E-state index contributed by atoms with van der Waals surface area (Å²) in [6.07, 6.45) is 5.01. The van der Waals surface area contributed by atoms with Crippen LogP contribution in [0.3, 0.4) is 0 Å². The van der Waals surface area contributed by atoms with E-state index in [2.05, 4.69) is 5.32 Å². The summed E-state index contributed by atoms with van der Waals surface area (Å²) in [5, 5.41) is 11.6. The number of carboxylic acid groups (broad SMARTS) is 1. The van der Waals surface area contributed by atoms with Gasteiger partial charge in [0.05, 0.1) is 0 Å². The topological polar surface area (TPSA) is 49.3 Å². The summed E-state index contributed by atoms with van der Waals surface area (Å²) in [5.74, 6) is -0.487. The average molecular weight is 139 g/mol. The molecule has 1 aliphatic carbocycles. The van der Waals surface area contributed by atoms with Gasteiger partial charge in [-0.2, -0.15) is 0 Å². The van der Waals surface area contributed by atoms with Crippen molar-refractivity contribution in [2.75, 3.05) is 0 Å². The van der Waals surface area contributed by atoms with Gasteiger partial charge in [-0.15, -0.1) is 0 Å². The molecule has 3 atom stereocenters. The van der Waals surface area contributed by atoms with Crippen molar-refractivity contribution in [3.8, 4) is 0 Å². The normalized spacial score (nSPS) is 42.6. The molecule has 0 spiro atoms. The van der Waals surface area contributed by atoms with E-state index in [1.54, 1.807) is 0 Å². The van der Waals surface area contributed by atoms with Crippen LogP contribution >= 0.6 is 0 Å². The highest BCUT2D eigenvalue weighted by atomic mass is 16.4. The van der Waals surface area contributed by atoms with Crippen LogP contribution in [0, 0.1) is 5.92 Å². The Morgan fingerprint density at radius 3 is 2.70 bits per heavy atom. The van der Waals surface area contributed by atoms with Gasteiger partial charge in [-0.3, -0.25) is 10.1 Å². The molecule has 54 valence electrons. The minimum atomic E-state index is -0.725. The van der Waals surface area contributed by atoms with Crippen molar-refractivity contribution in [3.05, 3.63) is 12.2 Å². The van der Waals surface area contributed by atoms with Crippen molar-refractivity contribution in [2.24, 2.45) is 5.92 Å². The van der Waals surface area contributed by atoms with Gasteiger partial charge in [0.25, 0.3) is 0 Å². The number of fused-ring (bicyclic) bond motifs is 2. The summed E-state index contributed by atoms with van der Waals surface area (Å²) in [6, 6.07) is 0.00102. The summed E-state index contributed by atoms with van der Waals surface area (Å²) in [4.78, 5) is 10.5. The summed E-state index contributed by atoms with van der Waals surface area (Å²) in [5.41, 5.74) is 0. The largest absolute Gasteiger partial charge is 0.480 e. The molecule has 2 aliphatic rings. The predicted octanol–water partition coefficient (Wildman–Crippen LogP) is -0.0125. The van der Waals surface area contributed by atoms with E-state index in [9.17, 15) is 4.79 Å². The second-order valence-corrected chi connectivity index (χ2v) is 2.87. The lowest BCUT2D eigenvalue weighted by Crippen LogP contribution is -2.39. The molecule has 2 unspecified atom stereocenters. The highest BCUT2D eigenvalue weighted by molar-refractivity contribution is 5.75. The number of aliphatic carboxylic acids is 1. The van der Waals surface area contributed by atoms with E-state index in [0.29, 0.717) is 6.04 Å². The number of carboxylic acids is 1. The Balaban J connectivity index is 2.16. The molecule has 3 heteroatoms. The maximum atomic E-state index is 10.5. The maximum absolute atomic E-state index is 10.5. The fraction of sp³-hybridized carbons (Fsp3) is 0.571. The molecule has 0 aromatic carbocycles. The molecular formula is C7H9NO2. The van der Waals surface area contributed by atoms with Gasteiger partial charge in [-0.25, -0.2) is 0 Å². The van der Waals surface area contributed by atoms with Gasteiger partial charge in [0.2, 0.25) is 0 Å². The van der Waals surface area contributed by atoms with Gasteiger partial charge in [0.15, 0.2) is 0 Å². The number of nitrogens with one attached hydrogen (secondary N) is 1. The lowest BCUT2D eigenvalue weighted by atomic mass is 10.0. The Bertz CT molecular complexity index is 200. The van der Waals surface area contributed by atoms with Crippen molar-refractivity contribution >= 4 is 5.97 Å². The summed E-state index contributed by atoms with van der Waals surface area (Å²) in [7, 11) is 0. The van der Waals surface area contributed by atoms with Crippen LogP contribution in [-0.2, 0) is 4.79 Å². The number of rotatable bonds is 1. The average Bonchev–Trinajstić information content (AvgIpc) is 2.44. The fourth-order valence-electron chi connectivity index (χ4n) is 1.71. The van der Waals surface area contributed by atoms with Gasteiger partial charge in [0.1, 0.15) is 6.04 Å². The van der Waals surface area contributed by atoms with Crippen LogP contribution in [0.4, 0.5) is 0 Å². The van der Waals surface area contributed by atoms with Crippen LogP contribution in [0.25, 0.3) is 0 Å². The number of hydrogen-bond acceptors (Lipinski definition) is 2. The second-order valence-electron chi connectivity index (χ2n) is 2.87. The van der Waals surface area contributed by atoms with Gasteiger partial charge >= 0.3 is 5.97 Å². The van der Waals surface area contributed by atoms with Crippen LogP contribution < -0.4 is 5.32 Å². The van der Waals surface area contributed by atoms with Gasteiger partial charge in [-0.1, -0.05) is 12.2 Å². The third kappa shape index (κ3) is 0.671. The van der Waals surface area contributed by atoms with Gasteiger partial charge in [0, 0.05) is 12.0 Å². The van der Waals surface area contributed by atoms with E-state index in [0.717, 1.165) is 6.42 Å². The molecule has 3 nitrogen and oxygen atoms in total. The zero-order chi connectivity index (χ0) is 7.14. The molecular weight excluding hydrogens is 130 g/mol. The van der Waals surface area contributed by atoms with E-state index in [4.69, 9.17) is 5.11 Å². The molecule has 0 radical (unpaired) electrons. The maximum Gasteiger partial charge on any atom is 0.321 e. The molecule has 2 rings (SSSR count). The Morgan fingerprint density at radius 2 is 2.40 bits per heavy atom.